The third kappa shape index (κ3) is 3.19. The fourth-order valence-corrected chi connectivity index (χ4v) is 5.04. The molecule has 3 rings (SSSR count). The second-order valence-electron chi connectivity index (χ2n) is 4.58. The van der Waals surface area contributed by atoms with E-state index in [1.54, 1.807) is 18.2 Å². The van der Waals surface area contributed by atoms with Crippen LogP contribution in [-0.4, -0.2) is 65.3 Å². The number of nitrogens with one attached hydrogen (secondary N) is 1. The average molecular weight is 396 g/mol. The number of aliphatic hydroxyl groups is 1. The Morgan fingerprint density at radius 3 is 2.75 bits per heavy atom. The number of hydrogen-bond acceptors (Lipinski definition) is 6. The molecule has 0 saturated heterocycles. The molecule has 3 heterocycles. The summed E-state index contributed by atoms with van der Waals surface area (Å²) in [5, 5.41) is 12.8. The molecule has 7 nitrogen and oxygen atoms in total. The van der Waals surface area contributed by atoms with Crippen molar-refractivity contribution in [1.82, 2.24) is 9.29 Å². The molecule has 0 aromatic carbocycles. The van der Waals surface area contributed by atoms with Crippen LogP contribution in [0, 0.1) is 0 Å². The van der Waals surface area contributed by atoms with Gasteiger partial charge in [0, 0.05) is 13.2 Å². The topological polar surface area (TPSA) is 99.6 Å². The quantitative estimate of drug-likeness (QED) is 0.753. The number of carbonyl (C=O) groups is 1. The summed E-state index contributed by atoms with van der Waals surface area (Å²) >= 11 is 6.73. The zero-order chi connectivity index (χ0) is 16.8. The number of thiophene rings is 1. The van der Waals surface area contributed by atoms with Crippen molar-refractivity contribution in [2.24, 2.45) is 0 Å². The molecule has 0 fully saturated rings. The first kappa shape index (κ1) is 19.2. The number of pyridine rings is 1. The van der Waals surface area contributed by atoms with Crippen LogP contribution in [0.1, 0.15) is 4.88 Å². The van der Waals surface area contributed by atoms with Crippen molar-refractivity contribution in [1.29, 1.82) is 0 Å². The van der Waals surface area contributed by atoms with Crippen LogP contribution in [0.3, 0.4) is 0 Å². The number of rotatable bonds is 2. The zero-order valence-corrected chi connectivity index (χ0v) is 14.0. The standard InChI is InChI=1S/C13H10ClN3O4S2.Na.H/c1-17-10(13(19)16-9-4-2-3-5-15-9)11(18)12-7(23(17,20)21)6-8(14)22-12;;/h2-6,18H,1H3,(H,15,16,19);;. The predicted octanol–water partition coefficient (Wildman–Crippen LogP) is 1.65. The summed E-state index contributed by atoms with van der Waals surface area (Å²) in [5.74, 6) is -0.997. The number of aromatic nitrogens is 1. The van der Waals surface area contributed by atoms with Crippen LogP contribution in [-0.2, 0) is 14.8 Å². The Kier molecular flexibility index (Phi) is 5.63. The van der Waals surface area contributed by atoms with E-state index in [-0.39, 0.29) is 55.2 Å². The van der Waals surface area contributed by atoms with Crippen molar-refractivity contribution in [3.8, 4) is 0 Å². The summed E-state index contributed by atoms with van der Waals surface area (Å²) < 4.78 is 25.9. The van der Waals surface area contributed by atoms with Gasteiger partial charge in [-0.1, -0.05) is 17.7 Å². The zero-order valence-electron chi connectivity index (χ0n) is 11.6. The van der Waals surface area contributed by atoms with Crippen molar-refractivity contribution < 1.29 is 18.3 Å². The second-order valence-corrected chi connectivity index (χ2v) is 8.20. The van der Waals surface area contributed by atoms with E-state index in [1.165, 1.54) is 19.3 Å². The number of halogens is 1. The Labute approximate surface area is 169 Å². The molecular weight excluding hydrogens is 385 g/mol. The van der Waals surface area contributed by atoms with Gasteiger partial charge >= 0.3 is 29.6 Å². The van der Waals surface area contributed by atoms with E-state index < -0.39 is 21.7 Å². The monoisotopic (exact) mass is 395 g/mol. The molecule has 2 aromatic heterocycles. The summed E-state index contributed by atoms with van der Waals surface area (Å²) in [6, 6.07) is 6.12. The van der Waals surface area contributed by atoms with Crippen molar-refractivity contribution in [3.05, 3.63) is 45.4 Å². The summed E-state index contributed by atoms with van der Waals surface area (Å²) in [6.07, 6.45) is 1.47. The fourth-order valence-electron chi connectivity index (χ4n) is 2.09. The van der Waals surface area contributed by atoms with Gasteiger partial charge in [0.25, 0.3) is 15.9 Å². The summed E-state index contributed by atoms with van der Waals surface area (Å²) in [6.45, 7) is 0. The van der Waals surface area contributed by atoms with Crippen molar-refractivity contribution in [2.45, 2.75) is 4.90 Å². The second kappa shape index (κ2) is 7.03. The van der Waals surface area contributed by atoms with E-state index in [9.17, 15) is 18.3 Å². The van der Waals surface area contributed by atoms with Crippen molar-refractivity contribution in [2.75, 3.05) is 12.4 Å². The van der Waals surface area contributed by atoms with Gasteiger partial charge < -0.3 is 10.4 Å². The van der Waals surface area contributed by atoms with Gasteiger partial charge in [0.2, 0.25) is 0 Å². The molecule has 122 valence electrons. The average Bonchev–Trinajstić information content (AvgIpc) is 2.90. The number of hydrogen-bond donors (Lipinski definition) is 2. The van der Waals surface area contributed by atoms with Gasteiger partial charge in [-0.05, 0) is 18.2 Å². The van der Waals surface area contributed by atoms with Crippen LogP contribution in [0.2, 0.25) is 4.34 Å². The number of carbonyl (C=O) groups excluding carboxylic acids is 1. The predicted molar refractivity (Wildman–Crippen MR) is 93.8 cm³/mol. The molecule has 0 aliphatic carbocycles. The van der Waals surface area contributed by atoms with Gasteiger partial charge in [0.05, 0.1) is 9.21 Å². The van der Waals surface area contributed by atoms with Gasteiger partial charge in [0.1, 0.15) is 10.7 Å². The molecule has 0 unspecified atom stereocenters. The number of sulfonamides is 1. The molecular formula is C13H11ClN3NaO4S2. The van der Waals surface area contributed by atoms with Crippen LogP contribution in [0.25, 0.3) is 5.76 Å². The molecule has 11 heteroatoms. The molecule has 2 N–H and O–H groups in total. The molecule has 0 atom stereocenters. The molecule has 1 aliphatic rings. The minimum atomic E-state index is -3.96. The molecule has 0 spiro atoms. The molecule has 0 bridgehead atoms. The van der Waals surface area contributed by atoms with Gasteiger partial charge in [-0.3, -0.25) is 9.10 Å². The Morgan fingerprint density at radius 2 is 2.12 bits per heavy atom. The van der Waals surface area contributed by atoms with Gasteiger partial charge in [-0.2, -0.15) is 0 Å². The third-order valence-electron chi connectivity index (χ3n) is 3.18. The minimum absolute atomic E-state index is 0. The Hall–Kier alpha value is -1.10. The van der Waals surface area contributed by atoms with E-state index >= 15 is 0 Å². The van der Waals surface area contributed by atoms with Crippen LogP contribution in [0.4, 0.5) is 5.82 Å². The van der Waals surface area contributed by atoms with E-state index in [0.717, 1.165) is 15.6 Å². The third-order valence-corrected chi connectivity index (χ3v) is 6.36. The van der Waals surface area contributed by atoms with Crippen LogP contribution in [0.15, 0.2) is 41.1 Å². The van der Waals surface area contributed by atoms with Crippen molar-refractivity contribution in [3.63, 3.8) is 0 Å². The number of amides is 1. The number of likely N-dealkylation sites (N-methyl/N-ethyl adjacent to an activating group) is 1. The number of fused-ring (bicyclic) bond motifs is 1. The van der Waals surface area contributed by atoms with Gasteiger partial charge in [-0.15, -0.1) is 11.3 Å². The van der Waals surface area contributed by atoms with E-state index in [2.05, 4.69) is 10.3 Å². The first-order chi connectivity index (χ1) is 10.8. The fraction of sp³-hybridized carbons (Fsp3) is 0.0769. The van der Waals surface area contributed by atoms with E-state index in [4.69, 9.17) is 11.6 Å². The number of anilines is 1. The number of aliphatic hydroxyl groups excluding tert-OH is 1. The number of nitrogens with zero attached hydrogens (tertiary/aromatic N) is 2. The molecule has 24 heavy (non-hydrogen) atoms. The summed E-state index contributed by atoms with van der Waals surface area (Å²) in [5.41, 5.74) is -0.387. The molecule has 0 radical (unpaired) electrons. The molecule has 0 saturated carbocycles. The molecule has 2 aromatic rings. The Morgan fingerprint density at radius 1 is 1.42 bits per heavy atom. The first-order valence-corrected chi connectivity index (χ1v) is 8.90. The van der Waals surface area contributed by atoms with E-state index in [1.807, 2.05) is 0 Å². The van der Waals surface area contributed by atoms with Crippen LogP contribution < -0.4 is 5.32 Å². The van der Waals surface area contributed by atoms with Crippen molar-refractivity contribution >= 4 is 80.0 Å². The summed E-state index contributed by atoms with van der Waals surface area (Å²) in [4.78, 5) is 16.2. The van der Waals surface area contributed by atoms with E-state index in [0.29, 0.717) is 0 Å². The maximum absolute atomic E-state index is 12.5. The Balaban J connectivity index is 0.00000208. The molecule has 1 amide bonds. The maximum atomic E-state index is 12.5. The van der Waals surface area contributed by atoms with Gasteiger partial charge in [0.15, 0.2) is 11.5 Å². The Bertz CT molecular complexity index is 928. The molecule has 1 aliphatic heterocycles. The first-order valence-electron chi connectivity index (χ1n) is 6.26. The SMILES string of the molecule is CN1C(C(=O)Nc2ccccn2)=C(O)c2sc(Cl)cc2S1(=O)=O.[NaH]. The summed E-state index contributed by atoms with van der Waals surface area (Å²) in [7, 11) is -2.77. The van der Waals surface area contributed by atoms with Crippen LogP contribution in [0.5, 0.6) is 0 Å². The van der Waals surface area contributed by atoms with Gasteiger partial charge in [-0.25, -0.2) is 13.4 Å². The normalized spacial score (nSPS) is 15.5. The van der Waals surface area contributed by atoms with Crippen LogP contribution >= 0.6 is 22.9 Å².